The van der Waals surface area contributed by atoms with Crippen molar-refractivity contribution >= 4 is 68.2 Å². The predicted molar refractivity (Wildman–Crippen MR) is 109 cm³/mol. The van der Waals surface area contributed by atoms with Crippen molar-refractivity contribution in [3.8, 4) is 11.1 Å². The summed E-state index contributed by atoms with van der Waals surface area (Å²) in [4.78, 5) is 12.1. The number of hydrogen-bond acceptors (Lipinski definition) is 1. The molecule has 2 aromatic carbocycles. The van der Waals surface area contributed by atoms with E-state index in [0.29, 0.717) is 0 Å². The first-order valence-electron chi connectivity index (χ1n) is 5.54. The summed E-state index contributed by atoms with van der Waals surface area (Å²) in [7, 11) is 0. The summed E-state index contributed by atoms with van der Waals surface area (Å²) in [5, 5.41) is 0. The molecule has 1 nitrogen and oxygen atoms in total. The summed E-state index contributed by atoms with van der Waals surface area (Å²) >= 11 is 7.43. The normalized spacial score (nSPS) is 12.2. The number of rotatable bonds is 4. The van der Waals surface area contributed by atoms with Crippen LogP contribution in [0, 0.1) is 0 Å². The third-order valence-corrected chi connectivity index (χ3v) is 10.6. The van der Waals surface area contributed by atoms with Crippen LogP contribution in [0.4, 0.5) is 0 Å². The topological polar surface area (TPSA) is 17.1 Å². The third kappa shape index (κ3) is 5.41. The maximum absolute atomic E-state index is 12.1. The molecule has 0 radical (unpaired) electrons. The molecule has 2 rings (SSSR count). The van der Waals surface area contributed by atoms with Crippen LogP contribution in [0.3, 0.4) is 0 Å². The number of carbonyl (C=O) groups excluding carboxylic acids is 1. The van der Waals surface area contributed by atoms with E-state index in [-0.39, 0.29) is 5.78 Å². The van der Waals surface area contributed by atoms with Gasteiger partial charge in [0.25, 0.3) is 0 Å². The number of Topliss-reactive ketones (excluding diaryl/α,β-unsaturated/α-hetero) is 1. The maximum atomic E-state index is 12.1. The van der Waals surface area contributed by atoms with Crippen molar-refractivity contribution in [2.45, 2.75) is 4.47 Å². The molecule has 0 heterocycles. The minimum absolute atomic E-state index is 0.277. The molecule has 0 atom stereocenters. The van der Waals surface area contributed by atoms with Gasteiger partial charge in [-0.3, -0.25) is 0 Å². The van der Waals surface area contributed by atoms with Gasteiger partial charge in [-0.05, 0) is 0 Å². The molecule has 0 saturated heterocycles. The van der Waals surface area contributed by atoms with E-state index >= 15 is 0 Å². The van der Waals surface area contributed by atoms with Gasteiger partial charge in [-0.25, -0.2) is 0 Å². The predicted octanol–water partition coefficient (Wildman–Crippen LogP) is 5.78. The van der Waals surface area contributed by atoms with Crippen molar-refractivity contribution in [1.29, 1.82) is 0 Å². The van der Waals surface area contributed by atoms with Gasteiger partial charge in [0.1, 0.15) is 0 Å². The van der Waals surface area contributed by atoms with Crippen LogP contribution in [0.15, 0.2) is 54.6 Å². The van der Waals surface area contributed by atoms with Crippen LogP contribution in [0.25, 0.3) is 11.1 Å². The van der Waals surface area contributed by atoms with Gasteiger partial charge in [-0.1, -0.05) is 0 Å². The van der Waals surface area contributed by atoms with Crippen LogP contribution in [-0.4, -0.2) is 12.1 Å². The summed E-state index contributed by atoms with van der Waals surface area (Å²) in [5.41, 5.74) is 3.18. The van der Waals surface area contributed by atoms with Gasteiger partial charge in [0.2, 0.25) is 0 Å². The first kappa shape index (κ1) is 16.5. The fourth-order valence-corrected chi connectivity index (χ4v) is 8.73. The number of halogens is 3. The third-order valence-electron chi connectivity index (χ3n) is 2.61. The molecule has 0 fully saturated rings. The fourth-order valence-electron chi connectivity index (χ4n) is 1.71. The van der Waals surface area contributed by atoms with E-state index in [9.17, 15) is 4.79 Å². The van der Waals surface area contributed by atoms with Gasteiger partial charge in [-0.15, -0.1) is 0 Å². The molecule has 0 saturated carbocycles. The summed E-state index contributed by atoms with van der Waals surface area (Å²) in [6.07, 6.45) is -1.92. The van der Waals surface area contributed by atoms with Crippen molar-refractivity contribution in [2.24, 2.45) is 0 Å². The number of benzene rings is 2. The Morgan fingerprint density at radius 3 is 1.89 bits per heavy atom. The zero-order valence-corrected chi connectivity index (χ0v) is 18.7. The minimum atomic E-state index is -1.92. The Bertz CT molecular complexity index is 561. The molecule has 0 spiro atoms. The van der Waals surface area contributed by atoms with E-state index < -0.39 is 6.35 Å². The van der Waals surface area contributed by atoms with Gasteiger partial charge in [0.05, 0.1) is 0 Å². The second kappa shape index (κ2) is 7.38. The van der Waals surface area contributed by atoms with Crippen molar-refractivity contribution < 1.29 is 4.79 Å². The Labute approximate surface area is 146 Å². The van der Waals surface area contributed by atoms with Crippen molar-refractivity contribution in [3.63, 3.8) is 0 Å². The van der Waals surface area contributed by atoms with Crippen LogP contribution in [0.5, 0.6) is 0 Å². The Hall–Kier alpha value is 1.09. The van der Waals surface area contributed by atoms with Crippen molar-refractivity contribution in [2.75, 3.05) is 0 Å². The van der Waals surface area contributed by atoms with Gasteiger partial charge >= 0.3 is 149 Å². The summed E-state index contributed by atoms with van der Waals surface area (Å²) in [6, 6.07) is 18.2. The number of carbonyl (C=O) groups is 1. The molecule has 0 bridgehead atoms. The molecule has 0 aliphatic heterocycles. The molecule has 19 heavy (non-hydrogen) atoms. The summed E-state index contributed by atoms with van der Waals surface area (Å²) in [6.45, 7) is 0. The molecule has 5 heteroatoms. The van der Waals surface area contributed by atoms with Gasteiger partial charge in [-0.2, -0.15) is 0 Å². The van der Waals surface area contributed by atoms with Crippen LogP contribution in [-0.2, 0) is 0 Å². The van der Waals surface area contributed by atoms with Gasteiger partial charge in [0.15, 0.2) is 0 Å². The van der Waals surface area contributed by atoms with Crippen molar-refractivity contribution in [1.82, 2.24) is 0 Å². The molecule has 0 aliphatic carbocycles. The quantitative estimate of drug-likeness (QED) is 0.225. The van der Waals surface area contributed by atoms with Gasteiger partial charge < -0.3 is 0 Å². The first-order valence-corrected chi connectivity index (χ1v) is 27.6. The van der Waals surface area contributed by atoms with Crippen LogP contribution < -0.4 is 0 Å². The summed E-state index contributed by atoms with van der Waals surface area (Å²) in [5.74, 6) is 0.277. The average molecular weight is 704 g/mol. The second-order valence-corrected chi connectivity index (χ2v) is 71.9. The molecule has 0 aromatic heterocycles. The van der Waals surface area contributed by atoms with Crippen molar-refractivity contribution in [3.05, 3.63) is 60.2 Å². The summed E-state index contributed by atoms with van der Waals surface area (Å²) < 4.78 is 0.731. The van der Waals surface area contributed by atoms with E-state index in [4.69, 9.17) is 0 Å². The van der Waals surface area contributed by atoms with Crippen LogP contribution in [0.1, 0.15) is 10.4 Å². The van der Waals surface area contributed by atoms with Crippen LogP contribution >= 0.6 is 56.1 Å². The van der Waals surface area contributed by atoms with E-state index in [1.807, 2.05) is 42.5 Å². The second-order valence-electron chi connectivity index (χ2n) is 4.01. The first-order chi connectivity index (χ1) is 8.96. The Morgan fingerprint density at radius 1 is 0.842 bits per heavy atom. The molecule has 0 unspecified atom stereocenters. The zero-order chi connectivity index (χ0) is 13.9. The molecule has 2 aromatic rings. The Balaban J connectivity index is 2.17. The van der Waals surface area contributed by atoms with Crippen LogP contribution in [0.2, 0.25) is 4.47 Å². The number of ketones is 1. The number of hydrogen-bond donors (Lipinski definition) is 0. The Morgan fingerprint density at radius 2 is 1.37 bits per heavy atom. The monoisotopic (exact) mass is 706 g/mol. The zero-order valence-electron chi connectivity index (χ0n) is 9.85. The average Bonchev–Trinajstić information content (AvgIpc) is 2.38. The standard InChI is InChI=1S/C14H11I3OTe/c15-19(16,17)10-14(18)13-8-6-12(7-9-13)11-4-2-1-3-5-11/h1-9H,10H2. The van der Waals surface area contributed by atoms with E-state index in [0.717, 1.165) is 15.6 Å². The van der Waals surface area contributed by atoms with E-state index in [2.05, 4.69) is 68.2 Å². The molecular formula is C14H11I3OTe. The van der Waals surface area contributed by atoms with E-state index in [1.165, 1.54) is 5.56 Å². The SMILES string of the molecule is O=C(C[Te](I)(I)I)c1ccc(-c2ccccc2)cc1. The molecule has 100 valence electrons. The molecular weight excluding hydrogens is 692 g/mol. The Kier molecular flexibility index (Phi) is 6.40. The van der Waals surface area contributed by atoms with E-state index in [1.54, 1.807) is 0 Å². The fraction of sp³-hybridized carbons (Fsp3) is 0.0714. The molecule has 0 aliphatic rings. The molecule has 0 amide bonds. The molecule has 0 N–H and O–H groups in total. The van der Waals surface area contributed by atoms with Gasteiger partial charge in [0, 0.05) is 0 Å².